The summed E-state index contributed by atoms with van der Waals surface area (Å²) in [5.41, 5.74) is 0. The fourth-order valence-electron chi connectivity index (χ4n) is 0.668. The molecule has 0 saturated carbocycles. The van der Waals surface area contributed by atoms with Crippen LogP contribution in [0, 0.1) is 11.3 Å². The predicted octanol–water partition coefficient (Wildman–Crippen LogP) is 1.47. The van der Waals surface area contributed by atoms with Crippen LogP contribution >= 0.6 is 11.3 Å². The Kier molecular flexibility index (Phi) is 3.17. The molecule has 0 radical (unpaired) electrons. The Morgan fingerprint density at radius 3 is 3.23 bits per heavy atom. The Morgan fingerprint density at radius 2 is 2.62 bits per heavy atom. The number of thiazole rings is 1. The van der Waals surface area contributed by atoms with Gasteiger partial charge in [0, 0.05) is 6.08 Å². The third-order valence-corrected chi connectivity index (χ3v) is 2.15. The van der Waals surface area contributed by atoms with E-state index < -0.39 is 5.97 Å². The van der Waals surface area contributed by atoms with E-state index in [-0.39, 0.29) is 0 Å². The van der Waals surface area contributed by atoms with Crippen LogP contribution in [-0.2, 0) is 4.74 Å². The van der Waals surface area contributed by atoms with Gasteiger partial charge < -0.3 is 4.74 Å². The first kappa shape index (κ1) is 9.42. The van der Waals surface area contributed by atoms with Gasteiger partial charge in [-0.15, -0.1) is 11.3 Å². The molecule has 0 amide bonds. The summed E-state index contributed by atoms with van der Waals surface area (Å²) in [7, 11) is 1.31. The van der Waals surface area contributed by atoms with Crippen LogP contribution in [0.4, 0.5) is 0 Å². The Bertz CT molecular complexity index is 376. The molecule has 0 aliphatic carbocycles. The lowest BCUT2D eigenvalue weighted by Gasteiger charge is -1.89. The number of methoxy groups -OCH3 is 1. The summed E-state index contributed by atoms with van der Waals surface area (Å²) < 4.78 is 4.50. The third kappa shape index (κ3) is 2.39. The average molecular weight is 194 g/mol. The zero-order valence-electron chi connectivity index (χ0n) is 6.85. The van der Waals surface area contributed by atoms with E-state index in [0.717, 1.165) is 0 Å². The van der Waals surface area contributed by atoms with Crippen molar-refractivity contribution in [3.8, 4) is 6.07 Å². The molecular weight excluding hydrogens is 188 g/mol. The fourth-order valence-corrected chi connectivity index (χ4v) is 1.41. The quantitative estimate of drug-likeness (QED) is 0.528. The molecule has 4 nitrogen and oxygen atoms in total. The van der Waals surface area contributed by atoms with Crippen molar-refractivity contribution in [1.82, 2.24) is 4.98 Å². The molecular formula is C8H6N2O2S. The van der Waals surface area contributed by atoms with Gasteiger partial charge in [0.25, 0.3) is 0 Å². The molecule has 66 valence electrons. The fraction of sp³-hybridized carbons (Fsp3) is 0.125. The topological polar surface area (TPSA) is 63.0 Å². The van der Waals surface area contributed by atoms with Crippen molar-refractivity contribution in [2.45, 2.75) is 0 Å². The van der Waals surface area contributed by atoms with Gasteiger partial charge >= 0.3 is 5.97 Å². The lowest BCUT2D eigenvalue weighted by molar-refractivity contribution is 0.0606. The first-order chi connectivity index (χ1) is 6.27. The largest absolute Gasteiger partial charge is 0.465 e. The van der Waals surface area contributed by atoms with E-state index in [1.54, 1.807) is 0 Å². The van der Waals surface area contributed by atoms with Gasteiger partial charge in [-0.2, -0.15) is 5.26 Å². The maximum Gasteiger partial charge on any atom is 0.349 e. The van der Waals surface area contributed by atoms with Crippen LogP contribution in [0.2, 0.25) is 0 Å². The number of esters is 1. The highest BCUT2D eigenvalue weighted by Crippen LogP contribution is 2.14. The molecule has 0 aliphatic heterocycles. The Labute approximate surface area is 79.1 Å². The van der Waals surface area contributed by atoms with Crippen LogP contribution in [0.3, 0.4) is 0 Å². The Balaban J connectivity index is 2.82. The number of nitriles is 1. The lowest BCUT2D eigenvalue weighted by Crippen LogP contribution is -1.96. The number of nitrogens with zero attached hydrogens (tertiary/aromatic N) is 2. The lowest BCUT2D eigenvalue weighted by atomic mass is 10.5. The summed E-state index contributed by atoms with van der Waals surface area (Å²) in [6.45, 7) is 0. The summed E-state index contributed by atoms with van der Waals surface area (Å²) in [5, 5.41) is 8.85. The minimum absolute atomic E-state index is 0.408. The van der Waals surface area contributed by atoms with E-state index >= 15 is 0 Å². The molecule has 0 aliphatic rings. The second kappa shape index (κ2) is 4.38. The normalized spacial score (nSPS) is 9.85. The smallest absolute Gasteiger partial charge is 0.349 e. The van der Waals surface area contributed by atoms with Gasteiger partial charge in [0.15, 0.2) is 0 Å². The predicted molar refractivity (Wildman–Crippen MR) is 48.1 cm³/mol. The molecule has 1 heterocycles. The van der Waals surface area contributed by atoms with Gasteiger partial charge in [0.05, 0.1) is 19.4 Å². The first-order valence-corrected chi connectivity index (χ1v) is 4.20. The SMILES string of the molecule is COC(=O)c1cnc(C=CC#N)s1. The molecule has 1 rings (SSSR count). The molecule has 1 aromatic heterocycles. The van der Waals surface area contributed by atoms with Crippen LogP contribution in [0.15, 0.2) is 12.3 Å². The van der Waals surface area contributed by atoms with Gasteiger partial charge in [0.2, 0.25) is 0 Å². The number of carbonyl (C=O) groups excluding carboxylic acids is 1. The Morgan fingerprint density at radius 1 is 1.85 bits per heavy atom. The number of rotatable bonds is 2. The third-order valence-electron chi connectivity index (χ3n) is 1.21. The maximum absolute atomic E-state index is 11.0. The van der Waals surface area contributed by atoms with Gasteiger partial charge in [-0.3, -0.25) is 0 Å². The highest BCUT2D eigenvalue weighted by Gasteiger charge is 2.08. The first-order valence-electron chi connectivity index (χ1n) is 3.38. The number of allylic oxidation sites excluding steroid dienone is 1. The molecule has 0 atom stereocenters. The molecule has 0 saturated heterocycles. The molecule has 0 spiro atoms. The zero-order chi connectivity index (χ0) is 9.68. The molecule has 1 aromatic rings. The van der Waals surface area contributed by atoms with Gasteiger partial charge in [0.1, 0.15) is 9.88 Å². The summed E-state index contributed by atoms with van der Waals surface area (Å²) >= 11 is 1.18. The van der Waals surface area contributed by atoms with Gasteiger partial charge in [-0.05, 0) is 6.08 Å². The summed E-state index contributed by atoms with van der Waals surface area (Å²) in [5.74, 6) is -0.408. The van der Waals surface area contributed by atoms with E-state index in [4.69, 9.17) is 5.26 Å². The number of aromatic nitrogens is 1. The van der Waals surface area contributed by atoms with Crippen LogP contribution in [0.5, 0.6) is 0 Å². The summed E-state index contributed by atoms with van der Waals surface area (Å²) in [6, 6.07) is 1.84. The molecule has 0 unspecified atom stereocenters. The minimum atomic E-state index is -0.408. The number of hydrogen-bond acceptors (Lipinski definition) is 5. The van der Waals surface area contributed by atoms with Crippen molar-refractivity contribution in [1.29, 1.82) is 5.26 Å². The van der Waals surface area contributed by atoms with Crippen molar-refractivity contribution in [2.24, 2.45) is 0 Å². The van der Waals surface area contributed by atoms with E-state index in [1.807, 2.05) is 6.07 Å². The van der Waals surface area contributed by atoms with Gasteiger partial charge in [-0.25, -0.2) is 9.78 Å². The summed E-state index contributed by atoms with van der Waals surface area (Å²) in [4.78, 5) is 15.3. The number of ether oxygens (including phenoxy) is 1. The van der Waals surface area contributed by atoms with Crippen LogP contribution < -0.4 is 0 Å². The van der Waals surface area contributed by atoms with E-state index in [2.05, 4.69) is 9.72 Å². The van der Waals surface area contributed by atoms with Gasteiger partial charge in [-0.1, -0.05) is 0 Å². The Hall–Kier alpha value is -1.67. The highest BCUT2D eigenvalue weighted by atomic mass is 32.1. The van der Waals surface area contributed by atoms with Crippen molar-refractivity contribution in [3.63, 3.8) is 0 Å². The minimum Gasteiger partial charge on any atom is -0.465 e. The number of carbonyl (C=O) groups is 1. The number of hydrogen-bond donors (Lipinski definition) is 0. The zero-order valence-corrected chi connectivity index (χ0v) is 7.67. The van der Waals surface area contributed by atoms with Crippen LogP contribution in [-0.4, -0.2) is 18.1 Å². The molecule has 0 aromatic carbocycles. The average Bonchev–Trinajstić information content (AvgIpc) is 2.62. The van der Waals surface area contributed by atoms with Crippen molar-refractivity contribution >= 4 is 23.4 Å². The molecule has 0 N–H and O–H groups in total. The summed E-state index contributed by atoms with van der Waals surface area (Å²) in [6.07, 6.45) is 4.27. The van der Waals surface area contributed by atoms with Crippen LogP contribution in [0.1, 0.15) is 14.7 Å². The van der Waals surface area contributed by atoms with Crippen LogP contribution in [0.25, 0.3) is 6.08 Å². The van der Waals surface area contributed by atoms with E-state index in [1.165, 1.54) is 36.8 Å². The van der Waals surface area contributed by atoms with Crippen molar-refractivity contribution in [3.05, 3.63) is 22.2 Å². The monoisotopic (exact) mass is 194 g/mol. The molecule has 0 fully saturated rings. The maximum atomic E-state index is 11.0. The highest BCUT2D eigenvalue weighted by molar-refractivity contribution is 7.14. The molecule has 5 heteroatoms. The standard InChI is InChI=1S/C8H6N2O2S/c1-12-8(11)6-5-10-7(13-6)3-2-4-9/h2-3,5H,1H3. The molecule has 13 heavy (non-hydrogen) atoms. The van der Waals surface area contributed by atoms with Crippen molar-refractivity contribution in [2.75, 3.05) is 7.11 Å². The second-order valence-corrected chi connectivity index (χ2v) is 3.08. The van der Waals surface area contributed by atoms with E-state index in [0.29, 0.717) is 9.88 Å². The van der Waals surface area contributed by atoms with E-state index in [9.17, 15) is 4.79 Å². The molecule has 0 bridgehead atoms. The van der Waals surface area contributed by atoms with Crippen molar-refractivity contribution < 1.29 is 9.53 Å². The second-order valence-electron chi connectivity index (χ2n) is 2.02.